The van der Waals surface area contributed by atoms with Gasteiger partial charge >= 0.3 is 0 Å². The van der Waals surface area contributed by atoms with Crippen LogP contribution in [0.3, 0.4) is 0 Å². The molecule has 3 rings (SSSR count). The smallest absolute Gasteiger partial charge is 0.124 e. The fraction of sp³-hybridized carbons (Fsp3) is 0.125. The van der Waals surface area contributed by atoms with Crippen LogP contribution in [0.2, 0.25) is 0 Å². The van der Waals surface area contributed by atoms with Crippen LogP contribution < -0.4 is 16.0 Å². The van der Waals surface area contributed by atoms with E-state index in [1.54, 1.807) is 13.3 Å². The van der Waals surface area contributed by atoms with Crippen LogP contribution >= 0.6 is 0 Å². The molecule has 0 amide bonds. The van der Waals surface area contributed by atoms with E-state index in [0.29, 0.717) is 0 Å². The van der Waals surface area contributed by atoms with Crippen molar-refractivity contribution in [3.05, 3.63) is 66.0 Å². The number of nitrogens with one attached hydrogen (secondary N) is 1. The number of benzene rings is 2. The Hall–Kier alpha value is -2.50. The fourth-order valence-corrected chi connectivity index (χ4v) is 2.35. The number of nitrogens with zero attached hydrogens (tertiary/aromatic N) is 2. The molecule has 1 unspecified atom stereocenters. The van der Waals surface area contributed by atoms with Gasteiger partial charge in [-0.2, -0.15) is 0 Å². The van der Waals surface area contributed by atoms with E-state index in [9.17, 15) is 0 Å². The maximum Gasteiger partial charge on any atom is 0.124 e. The number of aromatic nitrogens is 2. The summed E-state index contributed by atoms with van der Waals surface area (Å²) in [7, 11) is 1.64. The van der Waals surface area contributed by atoms with Crippen molar-refractivity contribution < 1.29 is 4.74 Å². The predicted molar refractivity (Wildman–Crippen MR) is 81.7 cm³/mol. The molecule has 2 aromatic carbocycles. The largest absolute Gasteiger partial charge is 0.496 e. The third kappa shape index (κ3) is 2.56. The minimum Gasteiger partial charge on any atom is -0.496 e. The monoisotopic (exact) mass is 280 g/mol. The van der Waals surface area contributed by atoms with Gasteiger partial charge in [-0.3, -0.25) is 10.8 Å². The molecular formula is C16H16N4O. The lowest BCUT2D eigenvalue weighted by molar-refractivity contribution is 0.403. The van der Waals surface area contributed by atoms with Crippen LogP contribution in [-0.4, -0.2) is 17.1 Å². The van der Waals surface area contributed by atoms with Crippen LogP contribution in [0.1, 0.15) is 17.3 Å². The van der Waals surface area contributed by atoms with Crippen molar-refractivity contribution >= 4 is 11.0 Å². The number of nitrogens with two attached hydrogens (primary N) is 1. The van der Waals surface area contributed by atoms with Crippen LogP contribution in [0.4, 0.5) is 0 Å². The number of ether oxygens (including phenoxy) is 1. The first-order chi connectivity index (χ1) is 10.3. The molecule has 5 heteroatoms. The zero-order valence-electron chi connectivity index (χ0n) is 11.7. The Kier molecular flexibility index (Phi) is 3.77. The van der Waals surface area contributed by atoms with Gasteiger partial charge in [0.1, 0.15) is 5.75 Å². The molecule has 21 heavy (non-hydrogen) atoms. The zero-order chi connectivity index (χ0) is 14.7. The van der Waals surface area contributed by atoms with Gasteiger partial charge in [-0.15, -0.1) is 0 Å². The van der Waals surface area contributed by atoms with Gasteiger partial charge in [-0.05, 0) is 18.2 Å². The van der Waals surface area contributed by atoms with Gasteiger partial charge in [0.25, 0.3) is 0 Å². The molecule has 0 aliphatic carbocycles. The third-order valence-electron chi connectivity index (χ3n) is 3.38. The Bertz CT molecular complexity index is 760. The molecule has 5 nitrogen and oxygen atoms in total. The highest BCUT2D eigenvalue weighted by Crippen LogP contribution is 2.28. The molecule has 0 aliphatic rings. The molecule has 3 aromatic rings. The van der Waals surface area contributed by atoms with E-state index in [4.69, 9.17) is 10.6 Å². The average Bonchev–Trinajstić information content (AvgIpc) is 2.56. The van der Waals surface area contributed by atoms with Gasteiger partial charge < -0.3 is 4.74 Å². The van der Waals surface area contributed by atoms with Gasteiger partial charge in [-0.25, -0.2) is 10.4 Å². The highest BCUT2D eigenvalue weighted by atomic mass is 16.5. The summed E-state index contributed by atoms with van der Waals surface area (Å²) in [4.78, 5) is 9.07. The topological polar surface area (TPSA) is 73.1 Å². The molecule has 106 valence electrons. The Morgan fingerprint density at radius 3 is 2.52 bits per heavy atom. The van der Waals surface area contributed by atoms with Crippen molar-refractivity contribution in [2.45, 2.75) is 6.04 Å². The Morgan fingerprint density at radius 2 is 1.76 bits per heavy atom. The number of hydrazine groups is 1. The van der Waals surface area contributed by atoms with E-state index >= 15 is 0 Å². The van der Waals surface area contributed by atoms with E-state index in [-0.39, 0.29) is 6.04 Å². The van der Waals surface area contributed by atoms with Gasteiger partial charge in [-0.1, -0.05) is 30.3 Å². The fourth-order valence-electron chi connectivity index (χ4n) is 2.35. The Labute approximate surface area is 122 Å². The molecule has 0 spiro atoms. The van der Waals surface area contributed by atoms with Crippen LogP contribution in [0.5, 0.6) is 5.75 Å². The third-order valence-corrected chi connectivity index (χ3v) is 3.38. The summed E-state index contributed by atoms with van der Waals surface area (Å²) in [6.07, 6.45) is 1.74. The number of para-hydroxylation sites is 3. The number of hydrogen-bond acceptors (Lipinski definition) is 5. The Morgan fingerprint density at radius 1 is 1.05 bits per heavy atom. The highest BCUT2D eigenvalue weighted by molar-refractivity contribution is 5.73. The molecule has 0 fully saturated rings. The van der Waals surface area contributed by atoms with Gasteiger partial charge in [0.15, 0.2) is 0 Å². The molecule has 0 saturated heterocycles. The standard InChI is InChI=1S/C16H16N4O/c1-21-15-9-5-2-6-11(15)16(20-17)14-10-18-12-7-3-4-8-13(12)19-14/h2-10,16,20H,17H2,1H3. The van der Waals surface area contributed by atoms with E-state index in [2.05, 4.69) is 15.4 Å². The van der Waals surface area contributed by atoms with Crippen LogP contribution in [0, 0.1) is 0 Å². The van der Waals surface area contributed by atoms with Crippen LogP contribution in [-0.2, 0) is 0 Å². The number of rotatable bonds is 4. The van der Waals surface area contributed by atoms with E-state index in [1.807, 2.05) is 48.5 Å². The zero-order valence-corrected chi connectivity index (χ0v) is 11.7. The van der Waals surface area contributed by atoms with Crippen LogP contribution in [0.25, 0.3) is 11.0 Å². The molecule has 1 atom stereocenters. The second kappa shape index (κ2) is 5.87. The summed E-state index contributed by atoms with van der Waals surface area (Å²) in [6.45, 7) is 0. The Balaban J connectivity index is 2.09. The normalized spacial score (nSPS) is 12.3. The first-order valence-corrected chi connectivity index (χ1v) is 6.64. The molecule has 1 aromatic heterocycles. The van der Waals surface area contributed by atoms with Crippen LogP contribution in [0.15, 0.2) is 54.7 Å². The molecule has 3 N–H and O–H groups in total. The van der Waals surface area contributed by atoms with Crippen molar-refractivity contribution in [3.8, 4) is 5.75 Å². The summed E-state index contributed by atoms with van der Waals surface area (Å²) in [6, 6.07) is 15.2. The van der Waals surface area contributed by atoms with Gasteiger partial charge in [0.05, 0.1) is 36.1 Å². The first kappa shape index (κ1) is 13.5. The lowest BCUT2D eigenvalue weighted by Gasteiger charge is -2.18. The molecule has 0 bridgehead atoms. The first-order valence-electron chi connectivity index (χ1n) is 6.64. The quantitative estimate of drug-likeness (QED) is 0.566. The molecular weight excluding hydrogens is 264 g/mol. The van der Waals surface area contributed by atoms with E-state index in [1.165, 1.54) is 0 Å². The summed E-state index contributed by atoms with van der Waals surface area (Å²) in [5.74, 6) is 6.49. The number of hydrogen-bond donors (Lipinski definition) is 2. The maximum atomic E-state index is 5.73. The van der Waals surface area contributed by atoms with Gasteiger partial charge in [0, 0.05) is 5.56 Å². The lowest BCUT2D eigenvalue weighted by Crippen LogP contribution is -2.30. The molecule has 0 radical (unpaired) electrons. The van der Waals surface area contributed by atoms with Crippen molar-refractivity contribution in [2.75, 3.05) is 7.11 Å². The molecule has 0 aliphatic heterocycles. The van der Waals surface area contributed by atoms with Crippen molar-refractivity contribution in [1.82, 2.24) is 15.4 Å². The summed E-state index contributed by atoms with van der Waals surface area (Å²) >= 11 is 0. The van der Waals surface area contributed by atoms with Crippen molar-refractivity contribution in [1.29, 1.82) is 0 Å². The highest BCUT2D eigenvalue weighted by Gasteiger charge is 2.18. The maximum absolute atomic E-state index is 5.73. The summed E-state index contributed by atoms with van der Waals surface area (Å²) in [5, 5.41) is 0. The summed E-state index contributed by atoms with van der Waals surface area (Å²) in [5.41, 5.74) is 6.16. The molecule has 1 heterocycles. The SMILES string of the molecule is COc1ccccc1C(NN)c1cnc2ccccc2n1. The van der Waals surface area contributed by atoms with Crippen molar-refractivity contribution in [3.63, 3.8) is 0 Å². The minimum absolute atomic E-state index is 0.279. The van der Waals surface area contributed by atoms with Crippen molar-refractivity contribution in [2.24, 2.45) is 5.84 Å². The molecule has 0 saturated carbocycles. The summed E-state index contributed by atoms with van der Waals surface area (Å²) < 4.78 is 5.39. The van der Waals surface area contributed by atoms with E-state index < -0.39 is 0 Å². The van der Waals surface area contributed by atoms with Gasteiger partial charge in [0.2, 0.25) is 0 Å². The lowest BCUT2D eigenvalue weighted by atomic mass is 10.0. The number of methoxy groups -OCH3 is 1. The average molecular weight is 280 g/mol. The minimum atomic E-state index is -0.279. The predicted octanol–water partition coefficient (Wildman–Crippen LogP) is 2.19. The second-order valence-electron chi connectivity index (χ2n) is 4.63. The van der Waals surface area contributed by atoms with E-state index in [0.717, 1.165) is 28.0 Å². The second-order valence-corrected chi connectivity index (χ2v) is 4.63. The number of fused-ring (bicyclic) bond motifs is 1.